The van der Waals surface area contributed by atoms with Crippen LogP contribution in [-0.4, -0.2) is 0 Å². The zero-order valence-electron chi connectivity index (χ0n) is 8.09. The summed E-state index contributed by atoms with van der Waals surface area (Å²) in [5.41, 5.74) is 7.16. The van der Waals surface area contributed by atoms with Gasteiger partial charge in [-0.2, -0.15) is 6.42 Å². The van der Waals surface area contributed by atoms with Crippen molar-refractivity contribution in [3.05, 3.63) is 38.2 Å². The van der Waals surface area contributed by atoms with Gasteiger partial charge in [0, 0.05) is 44.1 Å². The summed E-state index contributed by atoms with van der Waals surface area (Å²) in [4.78, 5) is 0. The van der Waals surface area contributed by atoms with Crippen molar-refractivity contribution in [2.24, 2.45) is 0 Å². The van der Waals surface area contributed by atoms with Gasteiger partial charge in [0.05, 0.1) is 0 Å². The first-order chi connectivity index (χ1) is 5.74. The molecule has 0 aromatic heterocycles. The van der Waals surface area contributed by atoms with E-state index in [4.69, 9.17) is 5.73 Å². The summed E-state index contributed by atoms with van der Waals surface area (Å²) >= 11 is 0. The zero-order valence-corrected chi connectivity index (χ0v) is 10.9. The fraction of sp³-hybridized carbons (Fsp3) is 0.200. The molecule has 3 heteroatoms. The maximum Gasteiger partial charge on any atom is 0.0333 e. The first kappa shape index (κ1) is 15.4. The van der Waals surface area contributed by atoms with Crippen LogP contribution in [0.15, 0.2) is 24.3 Å². The molecule has 1 radical (unpaired) electrons. The third-order valence-electron chi connectivity index (χ3n) is 1.09. The van der Waals surface area contributed by atoms with E-state index in [0.29, 0.717) is 0 Å². The van der Waals surface area contributed by atoms with Crippen LogP contribution in [0.25, 0.3) is 0 Å². The normalized spacial score (nSPS) is 7.62. The number of nitrogens with two attached hydrogens (primary N) is 1. The van der Waals surface area contributed by atoms with Crippen LogP contribution in [0.3, 0.4) is 0 Å². The zero-order chi connectivity index (χ0) is 9.40. The van der Waals surface area contributed by atoms with Gasteiger partial charge in [-0.15, -0.1) is 0 Å². The average Bonchev–Trinajstić information content (AvgIpc) is 2.06. The molecule has 0 fully saturated rings. The second-order valence-electron chi connectivity index (χ2n) is 2.30. The molecule has 0 amide bonds. The first-order valence-electron chi connectivity index (χ1n) is 3.92. The first-order valence-corrected chi connectivity index (χ1v) is 3.92. The molecule has 0 heterocycles. The van der Waals surface area contributed by atoms with Crippen LogP contribution < -0.4 is 11.1 Å². The maximum absolute atomic E-state index is 5.47. The average molecular weight is 253 g/mol. The Morgan fingerprint density at radius 3 is 2.31 bits per heavy atom. The van der Waals surface area contributed by atoms with Crippen LogP contribution in [-0.2, 0) is 32.7 Å². The SMILES string of the molecule is [CH2-]CC.[CH2-]Nc1cccc(N)c1.[Y]. The van der Waals surface area contributed by atoms with E-state index in [9.17, 15) is 0 Å². The summed E-state index contributed by atoms with van der Waals surface area (Å²) in [5.74, 6) is 0. The summed E-state index contributed by atoms with van der Waals surface area (Å²) in [6.45, 7) is 5.50. The van der Waals surface area contributed by atoms with E-state index in [1.165, 1.54) is 0 Å². The van der Waals surface area contributed by atoms with Crippen LogP contribution in [0.5, 0.6) is 0 Å². The third-order valence-corrected chi connectivity index (χ3v) is 1.09. The molecule has 13 heavy (non-hydrogen) atoms. The van der Waals surface area contributed by atoms with Gasteiger partial charge in [0.15, 0.2) is 0 Å². The number of nitrogens with one attached hydrogen (secondary N) is 1. The fourth-order valence-corrected chi connectivity index (χ4v) is 0.649. The molecule has 0 aliphatic carbocycles. The van der Waals surface area contributed by atoms with Gasteiger partial charge < -0.3 is 18.0 Å². The number of hydrogen-bond acceptors (Lipinski definition) is 2. The number of benzene rings is 1. The molecular formula is C10H16N2Y-2. The minimum atomic E-state index is 0. The van der Waals surface area contributed by atoms with E-state index < -0.39 is 0 Å². The van der Waals surface area contributed by atoms with Crippen molar-refractivity contribution in [2.45, 2.75) is 13.3 Å². The van der Waals surface area contributed by atoms with Crippen molar-refractivity contribution in [1.82, 2.24) is 0 Å². The van der Waals surface area contributed by atoms with Crippen molar-refractivity contribution in [1.29, 1.82) is 0 Å². The number of hydrogen-bond donors (Lipinski definition) is 2. The smallest absolute Gasteiger partial charge is 0.0333 e. The Hall–Kier alpha value is -0.0761. The Morgan fingerprint density at radius 1 is 1.46 bits per heavy atom. The van der Waals surface area contributed by atoms with Gasteiger partial charge in [0.2, 0.25) is 0 Å². The van der Waals surface area contributed by atoms with Crippen molar-refractivity contribution in [3.8, 4) is 0 Å². The van der Waals surface area contributed by atoms with Gasteiger partial charge in [0.25, 0.3) is 0 Å². The number of anilines is 2. The van der Waals surface area contributed by atoms with Crippen LogP contribution >= 0.6 is 0 Å². The minimum Gasteiger partial charge on any atom is -0.538 e. The molecule has 0 saturated carbocycles. The molecule has 1 aromatic rings. The summed E-state index contributed by atoms with van der Waals surface area (Å²) in [5, 5.41) is 2.74. The summed E-state index contributed by atoms with van der Waals surface area (Å²) in [6, 6.07) is 7.44. The Balaban J connectivity index is 0. The molecule has 1 aromatic carbocycles. The molecule has 71 valence electrons. The Labute approximate surface area is 106 Å². The largest absolute Gasteiger partial charge is 0.538 e. The van der Waals surface area contributed by atoms with Gasteiger partial charge >= 0.3 is 0 Å². The Morgan fingerprint density at radius 2 is 2.00 bits per heavy atom. The molecule has 0 aliphatic rings. The van der Waals surface area contributed by atoms with Crippen molar-refractivity contribution in [3.63, 3.8) is 0 Å². The third kappa shape index (κ3) is 8.26. The molecule has 3 N–H and O–H groups in total. The molecule has 0 spiro atoms. The van der Waals surface area contributed by atoms with Crippen LogP contribution in [0.2, 0.25) is 0 Å². The van der Waals surface area contributed by atoms with E-state index >= 15 is 0 Å². The summed E-state index contributed by atoms with van der Waals surface area (Å²) < 4.78 is 0. The molecule has 0 aliphatic heterocycles. The van der Waals surface area contributed by atoms with E-state index in [1.807, 2.05) is 31.2 Å². The molecule has 0 unspecified atom stereocenters. The quantitative estimate of drug-likeness (QED) is 0.596. The minimum absolute atomic E-state index is 0. The second kappa shape index (κ2) is 10.0. The van der Waals surface area contributed by atoms with Crippen LogP contribution in [0.1, 0.15) is 13.3 Å². The monoisotopic (exact) mass is 253 g/mol. The van der Waals surface area contributed by atoms with Gasteiger partial charge in [-0.1, -0.05) is 13.0 Å². The molecule has 0 atom stereocenters. The molecular weight excluding hydrogens is 237 g/mol. The van der Waals surface area contributed by atoms with Gasteiger partial charge in [-0.05, 0) is 18.2 Å². The van der Waals surface area contributed by atoms with E-state index in [1.54, 1.807) is 0 Å². The van der Waals surface area contributed by atoms with Gasteiger partial charge in [-0.25, -0.2) is 0 Å². The van der Waals surface area contributed by atoms with Gasteiger partial charge in [0.1, 0.15) is 0 Å². The maximum atomic E-state index is 5.47. The number of rotatable bonds is 1. The van der Waals surface area contributed by atoms with Crippen molar-refractivity contribution in [2.75, 3.05) is 11.1 Å². The van der Waals surface area contributed by atoms with Gasteiger partial charge in [-0.3, -0.25) is 7.05 Å². The van der Waals surface area contributed by atoms with Crippen LogP contribution in [0, 0.1) is 14.0 Å². The summed E-state index contributed by atoms with van der Waals surface area (Å²) in [7, 11) is 3.49. The topological polar surface area (TPSA) is 38.0 Å². The van der Waals surface area contributed by atoms with Crippen LogP contribution in [0.4, 0.5) is 11.4 Å². The van der Waals surface area contributed by atoms with Crippen molar-refractivity contribution < 1.29 is 32.7 Å². The molecule has 0 saturated heterocycles. The fourth-order valence-electron chi connectivity index (χ4n) is 0.649. The number of nitrogen functional groups attached to an aromatic ring is 1. The summed E-state index contributed by atoms with van der Waals surface area (Å²) in [6.07, 6.45) is 1.00. The van der Waals surface area contributed by atoms with E-state index in [-0.39, 0.29) is 32.7 Å². The van der Waals surface area contributed by atoms with Crippen molar-refractivity contribution >= 4 is 11.4 Å². The second-order valence-corrected chi connectivity index (χ2v) is 2.30. The molecule has 1 rings (SSSR count). The molecule has 0 bridgehead atoms. The Bertz CT molecular complexity index is 214. The van der Waals surface area contributed by atoms with E-state index in [2.05, 4.69) is 19.3 Å². The predicted octanol–water partition coefficient (Wildman–Crippen LogP) is 2.70. The Kier molecular flexibility index (Phi) is 11.9. The van der Waals surface area contributed by atoms with E-state index in [0.717, 1.165) is 17.8 Å². The molecule has 2 nitrogen and oxygen atoms in total. The standard InChI is InChI=1S/C7H9N2.C3H7.Y/c1-9-7-4-2-3-6(8)5-7;1-3-2;/h2-5,9H,1,8H2;1,3H2,2H3;/q2*-1;. The predicted molar refractivity (Wildman–Crippen MR) is 55.5 cm³/mol.